The molecule has 4 aromatic rings. The van der Waals surface area contributed by atoms with Crippen molar-refractivity contribution in [2.75, 3.05) is 17.8 Å². The summed E-state index contributed by atoms with van der Waals surface area (Å²) >= 11 is 1.39. The Kier molecular flexibility index (Phi) is 10.8. The Morgan fingerprint density at radius 1 is 1.13 bits per heavy atom. The maximum absolute atomic E-state index is 12.5. The molecule has 2 aromatic carbocycles. The molecule has 2 atom stereocenters. The molecule has 1 saturated heterocycles. The lowest BCUT2D eigenvalue weighted by Crippen LogP contribution is -2.47. The van der Waals surface area contributed by atoms with Crippen LogP contribution in [0.2, 0.25) is 0 Å². The third-order valence-electron chi connectivity index (χ3n) is 7.92. The van der Waals surface area contributed by atoms with E-state index in [0.717, 1.165) is 33.7 Å². The van der Waals surface area contributed by atoms with Gasteiger partial charge in [0.05, 0.1) is 29.4 Å². The van der Waals surface area contributed by atoms with E-state index < -0.39 is 17.8 Å². The van der Waals surface area contributed by atoms with Gasteiger partial charge in [-0.25, -0.2) is 9.78 Å². The summed E-state index contributed by atoms with van der Waals surface area (Å²) in [7, 11) is 1.88. The van der Waals surface area contributed by atoms with E-state index in [9.17, 15) is 9.90 Å². The van der Waals surface area contributed by atoms with Crippen LogP contribution in [0.4, 0.5) is 10.7 Å². The van der Waals surface area contributed by atoms with Crippen LogP contribution in [0.5, 0.6) is 11.6 Å². The number of carbonyl (C=O) groups excluding carboxylic acids is 1. The van der Waals surface area contributed by atoms with Gasteiger partial charge >= 0.3 is 6.09 Å². The number of ether oxygens (including phenoxy) is 2. The minimum absolute atomic E-state index is 0.0997. The van der Waals surface area contributed by atoms with Gasteiger partial charge in [0, 0.05) is 36.8 Å². The average molecular weight is 659 g/mol. The van der Waals surface area contributed by atoms with E-state index in [0.29, 0.717) is 42.9 Å². The molecule has 3 heterocycles. The molecule has 2 aromatic heterocycles. The smallest absolute Gasteiger partial charge is 0.410 e. The van der Waals surface area contributed by atoms with Crippen molar-refractivity contribution in [2.45, 2.75) is 83.3 Å². The Hall–Kier alpha value is -4.09. The monoisotopic (exact) mass is 658 g/mol. The minimum atomic E-state index is -0.698. The number of nitrogens with one attached hydrogen (secondary N) is 1. The van der Waals surface area contributed by atoms with Crippen LogP contribution in [0, 0.1) is 5.92 Å². The lowest BCUT2D eigenvalue weighted by molar-refractivity contribution is -0.00152. The van der Waals surface area contributed by atoms with Crippen molar-refractivity contribution in [3.05, 3.63) is 77.6 Å². The number of benzene rings is 2. The van der Waals surface area contributed by atoms with E-state index in [1.54, 1.807) is 15.8 Å². The first-order valence-electron chi connectivity index (χ1n) is 16.2. The lowest BCUT2D eigenvalue weighted by Gasteiger charge is -2.36. The Balaban J connectivity index is 1.40. The highest BCUT2D eigenvalue weighted by atomic mass is 32.2. The molecule has 2 N–H and O–H groups in total. The van der Waals surface area contributed by atoms with Crippen LogP contribution >= 0.6 is 11.9 Å². The van der Waals surface area contributed by atoms with Crippen molar-refractivity contribution < 1.29 is 19.4 Å². The number of likely N-dealkylation sites (tertiary alicyclic amines) is 1. The van der Waals surface area contributed by atoms with E-state index >= 15 is 0 Å². The number of anilines is 1. The number of carbonyl (C=O) groups is 1. The number of piperidine rings is 1. The maximum Gasteiger partial charge on any atom is 0.410 e. The fourth-order valence-corrected chi connectivity index (χ4v) is 6.37. The van der Waals surface area contributed by atoms with Crippen LogP contribution < -0.4 is 9.46 Å². The summed E-state index contributed by atoms with van der Waals surface area (Å²) in [6, 6.07) is 16.2. The third kappa shape index (κ3) is 8.84. The number of aliphatic hydroxyl groups is 1. The van der Waals surface area contributed by atoms with Crippen molar-refractivity contribution in [1.29, 1.82) is 0 Å². The van der Waals surface area contributed by atoms with Gasteiger partial charge in [-0.15, -0.1) is 0 Å². The Bertz CT molecular complexity index is 1670. The van der Waals surface area contributed by atoms with E-state index in [2.05, 4.69) is 48.8 Å². The van der Waals surface area contributed by atoms with Crippen molar-refractivity contribution in [2.24, 2.45) is 13.0 Å². The van der Waals surface area contributed by atoms with Gasteiger partial charge in [0.2, 0.25) is 11.8 Å². The number of β-amino-alcohol motifs (C(OH)–C–C–N with tert-alkyl or cyclic N) is 1. The molecular formula is C36H46N6O4S. The van der Waals surface area contributed by atoms with Gasteiger partial charge in [0.25, 0.3) is 0 Å². The molecule has 2 unspecified atom stereocenters. The number of aliphatic hydroxyl groups excluding tert-OH is 1. The van der Waals surface area contributed by atoms with Crippen molar-refractivity contribution in [3.63, 3.8) is 0 Å². The topological polar surface area (TPSA) is 115 Å². The SMILES string of the molecule is CCc1c(Oc2ccc(C3CCN(C(=O)OC(C)(C)C)CC3O)cc2)nc(NSc2cnn(C)c2)nc1-c1ccccc1CC(C)C. The molecule has 0 spiro atoms. The van der Waals surface area contributed by atoms with E-state index in [4.69, 9.17) is 19.4 Å². The van der Waals surface area contributed by atoms with Crippen LogP contribution in [0.1, 0.15) is 70.6 Å². The highest BCUT2D eigenvalue weighted by Gasteiger charge is 2.33. The second-order valence-corrected chi connectivity index (χ2v) is 14.3. The fourth-order valence-electron chi connectivity index (χ4n) is 5.77. The number of nitrogens with zero attached hydrogens (tertiary/aromatic N) is 5. The molecule has 47 heavy (non-hydrogen) atoms. The summed E-state index contributed by atoms with van der Waals surface area (Å²) in [6.07, 6.45) is 4.86. The van der Waals surface area contributed by atoms with Crippen molar-refractivity contribution >= 4 is 24.0 Å². The zero-order valence-electron chi connectivity index (χ0n) is 28.4. The fraction of sp³-hybridized carbons (Fsp3) is 0.444. The van der Waals surface area contributed by atoms with Gasteiger partial charge in [-0.1, -0.05) is 57.2 Å². The normalized spacial score (nSPS) is 16.7. The molecule has 1 aliphatic heterocycles. The van der Waals surface area contributed by atoms with E-state index in [1.165, 1.54) is 17.5 Å². The Labute approximate surface area is 282 Å². The standard InChI is InChI=1S/C36H46N6O4S/c1-8-28-32(30-12-10-9-11-25(30)19-23(2)3)38-34(40-47-27-20-37-41(7)21-27)39-33(28)45-26-15-13-24(14-16-26)29-17-18-42(22-31(29)43)35(44)46-36(4,5)6/h9-16,20-21,23,29,31,43H,8,17-19,22H2,1-7H3,(H,38,39,40). The summed E-state index contributed by atoms with van der Waals surface area (Å²) in [6.45, 7) is 12.8. The third-order valence-corrected chi connectivity index (χ3v) is 8.65. The molecule has 0 radical (unpaired) electrons. The first-order chi connectivity index (χ1) is 22.4. The molecular weight excluding hydrogens is 613 g/mol. The van der Waals surface area contributed by atoms with Crippen molar-refractivity contribution in [3.8, 4) is 22.9 Å². The molecule has 1 aliphatic rings. The first kappa shape index (κ1) is 34.3. The number of rotatable bonds is 10. The van der Waals surface area contributed by atoms with Crippen molar-refractivity contribution in [1.82, 2.24) is 24.6 Å². The quantitative estimate of drug-likeness (QED) is 0.166. The highest BCUT2D eigenvalue weighted by Crippen LogP contribution is 2.37. The largest absolute Gasteiger partial charge is 0.444 e. The predicted molar refractivity (Wildman–Crippen MR) is 186 cm³/mol. The number of aromatic nitrogens is 4. The second-order valence-electron chi connectivity index (χ2n) is 13.4. The molecule has 0 saturated carbocycles. The zero-order valence-corrected chi connectivity index (χ0v) is 29.2. The lowest BCUT2D eigenvalue weighted by atomic mass is 9.87. The van der Waals surface area contributed by atoms with Gasteiger partial charge in [0.1, 0.15) is 11.4 Å². The van der Waals surface area contributed by atoms with Crippen LogP contribution in [-0.2, 0) is 24.6 Å². The van der Waals surface area contributed by atoms with Gasteiger partial charge < -0.3 is 19.5 Å². The Morgan fingerprint density at radius 2 is 1.87 bits per heavy atom. The number of aryl methyl sites for hydroxylation is 1. The minimum Gasteiger partial charge on any atom is -0.444 e. The number of hydrogen-bond acceptors (Lipinski definition) is 9. The molecule has 5 rings (SSSR count). The molecule has 1 amide bonds. The van der Waals surface area contributed by atoms with Gasteiger partial charge in [-0.3, -0.25) is 9.40 Å². The summed E-state index contributed by atoms with van der Waals surface area (Å²) in [5, 5.41) is 15.2. The number of amides is 1. The second kappa shape index (κ2) is 14.8. The molecule has 1 fully saturated rings. The molecule has 250 valence electrons. The summed E-state index contributed by atoms with van der Waals surface area (Å²) in [4.78, 5) is 24.9. The molecule has 11 heteroatoms. The molecule has 0 bridgehead atoms. The average Bonchev–Trinajstić information content (AvgIpc) is 3.44. The number of hydrogen-bond donors (Lipinski definition) is 2. The molecule has 10 nitrogen and oxygen atoms in total. The Morgan fingerprint density at radius 3 is 2.51 bits per heavy atom. The zero-order chi connectivity index (χ0) is 33.7. The highest BCUT2D eigenvalue weighted by molar-refractivity contribution is 8.00. The predicted octanol–water partition coefficient (Wildman–Crippen LogP) is 7.63. The summed E-state index contributed by atoms with van der Waals surface area (Å²) in [5.74, 6) is 1.95. The van der Waals surface area contributed by atoms with Crippen LogP contribution in [0.25, 0.3) is 11.3 Å². The van der Waals surface area contributed by atoms with Crippen LogP contribution in [0.3, 0.4) is 0 Å². The molecule has 0 aliphatic carbocycles. The maximum atomic E-state index is 12.5. The summed E-state index contributed by atoms with van der Waals surface area (Å²) in [5.41, 5.74) is 4.48. The van der Waals surface area contributed by atoms with Gasteiger partial charge in [-0.2, -0.15) is 10.1 Å². The van der Waals surface area contributed by atoms with E-state index in [-0.39, 0.29) is 12.5 Å². The summed E-state index contributed by atoms with van der Waals surface area (Å²) < 4.78 is 17.0. The van der Waals surface area contributed by atoms with Crippen LogP contribution in [0.15, 0.2) is 65.8 Å². The van der Waals surface area contributed by atoms with Gasteiger partial charge in [0.15, 0.2) is 0 Å². The van der Waals surface area contributed by atoms with Crippen LogP contribution in [-0.4, -0.2) is 60.6 Å². The first-order valence-corrected chi connectivity index (χ1v) is 17.1. The van der Waals surface area contributed by atoms with Gasteiger partial charge in [-0.05, 0) is 81.2 Å². The van der Waals surface area contributed by atoms with E-state index in [1.807, 2.05) is 64.3 Å².